The molecule has 1 aliphatic heterocycles. The van der Waals surface area contributed by atoms with Crippen LogP contribution < -0.4 is 10.2 Å². The number of carbonyl (C=O) groups excluding carboxylic acids is 1. The van der Waals surface area contributed by atoms with Crippen molar-refractivity contribution in [2.45, 2.75) is 26.2 Å². The Morgan fingerprint density at radius 3 is 2.80 bits per heavy atom. The quantitative estimate of drug-likeness (QED) is 0.777. The summed E-state index contributed by atoms with van der Waals surface area (Å²) < 4.78 is 1.03. The second kappa shape index (κ2) is 6.76. The molecule has 2 aromatic heterocycles. The van der Waals surface area contributed by atoms with Crippen LogP contribution in [0.4, 0.5) is 11.1 Å². The molecule has 3 aromatic rings. The molecule has 25 heavy (non-hydrogen) atoms. The number of nitrogens with zero attached hydrogens (tertiary/aromatic N) is 4. The highest BCUT2D eigenvalue weighted by molar-refractivity contribution is 7.22. The van der Waals surface area contributed by atoms with Crippen molar-refractivity contribution in [3.8, 4) is 11.3 Å². The third kappa shape index (κ3) is 3.46. The summed E-state index contributed by atoms with van der Waals surface area (Å²) in [4.78, 5) is 27.1. The van der Waals surface area contributed by atoms with E-state index in [1.807, 2.05) is 24.4 Å². The lowest BCUT2D eigenvalue weighted by atomic mass is 10.1. The maximum absolute atomic E-state index is 11.2. The molecule has 4 rings (SSSR count). The fourth-order valence-electron chi connectivity index (χ4n) is 3.04. The van der Waals surface area contributed by atoms with Gasteiger partial charge in [-0.1, -0.05) is 17.4 Å². The van der Waals surface area contributed by atoms with E-state index >= 15 is 0 Å². The summed E-state index contributed by atoms with van der Waals surface area (Å²) in [5, 5.41) is 3.36. The van der Waals surface area contributed by atoms with Gasteiger partial charge in [0.2, 0.25) is 11.9 Å². The number of amides is 1. The highest BCUT2D eigenvalue weighted by Crippen LogP contribution is 2.30. The van der Waals surface area contributed by atoms with E-state index in [0.717, 1.165) is 40.5 Å². The van der Waals surface area contributed by atoms with Crippen LogP contribution in [-0.2, 0) is 4.79 Å². The molecule has 1 aromatic carbocycles. The van der Waals surface area contributed by atoms with Gasteiger partial charge in [0.15, 0.2) is 5.13 Å². The van der Waals surface area contributed by atoms with E-state index in [9.17, 15) is 4.79 Å². The van der Waals surface area contributed by atoms with Gasteiger partial charge in [-0.25, -0.2) is 15.0 Å². The summed E-state index contributed by atoms with van der Waals surface area (Å²) in [7, 11) is 0. The third-order valence-corrected chi connectivity index (χ3v) is 5.18. The van der Waals surface area contributed by atoms with Crippen LogP contribution in [0.15, 0.2) is 30.5 Å². The Balaban J connectivity index is 1.65. The van der Waals surface area contributed by atoms with Crippen LogP contribution in [0.2, 0.25) is 0 Å². The topological polar surface area (TPSA) is 71.0 Å². The first kappa shape index (κ1) is 16.0. The first-order valence-electron chi connectivity index (χ1n) is 8.45. The number of piperidine rings is 1. The van der Waals surface area contributed by atoms with Crippen molar-refractivity contribution in [1.29, 1.82) is 0 Å². The largest absolute Gasteiger partial charge is 0.341 e. The first-order chi connectivity index (χ1) is 12.2. The SMILES string of the molecule is CC(=O)Nc1nc2ccc(-c3ccnc(N4CCCCC4)n3)cc2s1. The minimum atomic E-state index is -0.110. The predicted molar refractivity (Wildman–Crippen MR) is 101 cm³/mol. The lowest BCUT2D eigenvalue weighted by Crippen LogP contribution is -2.30. The molecule has 0 bridgehead atoms. The van der Waals surface area contributed by atoms with Gasteiger partial charge in [0, 0.05) is 31.8 Å². The average Bonchev–Trinajstić information content (AvgIpc) is 3.03. The molecule has 0 aliphatic carbocycles. The van der Waals surface area contributed by atoms with Crippen LogP contribution in [0, 0.1) is 0 Å². The number of carbonyl (C=O) groups is 1. The van der Waals surface area contributed by atoms with Crippen molar-refractivity contribution in [2.75, 3.05) is 23.3 Å². The van der Waals surface area contributed by atoms with E-state index in [1.54, 1.807) is 0 Å². The number of rotatable bonds is 3. The van der Waals surface area contributed by atoms with Gasteiger partial charge < -0.3 is 10.2 Å². The van der Waals surface area contributed by atoms with Gasteiger partial charge in [-0.05, 0) is 37.5 Å². The van der Waals surface area contributed by atoms with Crippen molar-refractivity contribution in [3.05, 3.63) is 30.5 Å². The molecule has 0 radical (unpaired) electrons. The number of anilines is 2. The van der Waals surface area contributed by atoms with Crippen molar-refractivity contribution in [2.24, 2.45) is 0 Å². The Morgan fingerprint density at radius 1 is 1.16 bits per heavy atom. The number of hydrogen-bond donors (Lipinski definition) is 1. The van der Waals surface area contributed by atoms with E-state index in [0.29, 0.717) is 5.13 Å². The molecule has 0 atom stereocenters. The number of nitrogens with one attached hydrogen (secondary N) is 1. The highest BCUT2D eigenvalue weighted by Gasteiger charge is 2.14. The number of hydrogen-bond acceptors (Lipinski definition) is 6. The van der Waals surface area contributed by atoms with Crippen LogP contribution in [0.1, 0.15) is 26.2 Å². The Labute approximate surface area is 149 Å². The Morgan fingerprint density at radius 2 is 2.00 bits per heavy atom. The molecule has 128 valence electrons. The second-order valence-electron chi connectivity index (χ2n) is 6.17. The molecule has 6 nitrogen and oxygen atoms in total. The van der Waals surface area contributed by atoms with Gasteiger partial charge in [0.1, 0.15) is 0 Å². The lowest BCUT2D eigenvalue weighted by Gasteiger charge is -2.26. The maximum atomic E-state index is 11.2. The van der Waals surface area contributed by atoms with Crippen molar-refractivity contribution < 1.29 is 4.79 Å². The Hall–Kier alpha value is -2.54. The molecule has 1 N–H and O–H groups in total. The summed E-state index contributed by atoms with van der Waals surface area (Å²) in [6, 6.07) is 7.99. The molecule has 0 spiro atoms. The standard InChI is InChI=1S/C18H19N5OS/c1-12(24)20-18-22-15-6-5-13(11-16(15)25-18)14-7-8-19-17(21-14)23-9-3-2-4-10-23/h5-8,11H,2-4,9-10H2,1H3,(H,20,22,24). The lowest BCUT2D eigenvalue weighted by molar-refractivity contribution is -0.114. The van der Waals surface area contributed by atoms with Crippen molar-refractivity contribution >= 4 is 38.5 Å². The van der Waals surface area contributed by atoms with Crippen molar-refractivity contribution in [3.63, 3.8) is 0 Å². The van der Waals surface area contributed by atoms with Gasteiger partial charge >= 0.3 is 0 Å². The Kier molecular flexibility index (Phi) is 4.31. The minimum absolute atomic E-state index is 0.110. The summed E-state index contributed by atoms with van der Waals surface area (Å²) in [5.74, 6) is 0.696. The number of fused-ring (bicyclic) bond motifs is 1. The zero-order chi connectivity index (χ0) is 17.2. The Bertz CT molecular complexity index is 917. The summed E-state index contributed by atoms with van der Waals surface area (Å²) in [5.41, 5.74) is 2.82. The van der Waals surface area contributed by atoms with E-state index in [-0.39, 0.29) is 5.91 Å². The normalized spacial score (nSPS) is 14.7. The molecule has 0 saturated carbocycles. The van der Waals surface area contributed by atoms with Crippen LogP contribution in [-0.4, -0.2) is 33.9 Å². The van der Waals surface area contributed by atoms with Crippen LogP contribution >= 0.6 is 11.3 Å². The average molecular weight is 353 g/mol. The van der Waals surface area contributed by atoms with Crippen LogP contribution in [0.3, 0.4) is 0 Å². The molecule has 1 amide bonds. The molecular weight excluding hydrogens is 334 g/mol. The zero-order valence-electron chi connectivity index (χ0n) is 14.0. The smallest absolute Gasteiger partial charge is 0.225 e. The van der Waals surface area contributed by atoms with Gasteiger partial charge in [-0.3, -0.25) is 4.79 Å². The predicted octanol–water partition coefficient (Wildman–Crippen LogP) is 3.70. The minimum Gasteiger partial charge on any atom is -0.341 e. The highest BCUT2D eigenvalue weighted by atomic mass is 32.1. The summed E-state index contributed by atoms with van der Waals surface area (Å²) in [6.07, 6.45) is 5.51. The second-order valence-corrected chi connectivity index (χ2v) is 7.20. The summed E-state index contributed by atoms with van der Waals surface area (Å²) >= 11 is 1.47. The molecule has 1 aliphatic rings. The van der Waals surface area contributed by atoms with E-state index < -0.39 is 0 Å². The zero-order valence-corrected chi connectivity index (χ0v) is 14.8. The fourth-order valence-corrected chi connectivity index (χ4v) is 3.99. The number of aromatic nitrogens is 3. The van der Waals surface area contributed by atoms with E-state index in [2.05, 4.69) is 26.3 Å². The number of thiazole rings is 1. The van der Waals surface area contributed by atoms with Crippen LogP contribution in [0.25, 0.3) is 21.5 Å². The monoisotopic (exact) mass is 353 g/mol. The third-order valence-electron chi connectivity index (χ3n) is 4.25. The summed E-state index contributed by atoms with van der Waals surface area (Å²) in [6.45, 7) is 3.54. The maximum Gasteiger partial charge on any atom is 0.225 e. The molecule has 3 heterocycles. The van der Waals surface area contributed by atoms with Gasteiger partial charge in [0.05, 0.1) is 15.9 Å². The molecule has 0 unspecified atom stereocenters. The molecule has 7 heteroatoms. The van der Waals surface area contributed by atoms with E-state index in [1.165, 1.54) is 37.5 Å². The molecular formula is C18H19N5OS. The number of benzene rings is 1. The van der Waals surface area contributed by atoms with Gasteiger partial charge in [-0.2, -0.15) is 0 Å². The van der Waals surface area contributed by atoms with Gasteiger partial charge in [0.25, 0.3) is 0 Å². The molecule has 1 fully saturated rings. The van der Waals surface area contributed by atoms with E-state index in [4.69, 9.17) is 4.98 Å². The van der Waals surface area contributed by atoms with Crippen LogP contribution in [0.5, 0.6) is 0 Å². The van der Waals surface area contributed by atoms with Gasteiger partial charge in [-0.15, -0.1) is 0 Å². The first-order valence-corrected chi connectivity index (χ1v) is 9.27. The fraction of sp³-hybridized carbons (Fsp3) is 0.333. The molecule has 1 saturated heterocycles. The van der Waals surface area contributed by atoms with Crippen molar-refractivity contribution in [1.82, 2.24) is 15.0 Å².